The summed E-state index contributed by atoms with van der Waals surface area (Å²) in [5, 5.41) is 3.44. The molecule has 0 unspecified atom stereocenters. The van der Waals surface area contributed by atoms with Crippen molar-refractivity contribution in [3.8, 4) is 0 Å². The van der Waals surface area contributed by atoms with Crippen LogP contribution in [0.15, 0.2) is 48.5 Å². The number of aromatic nitrogens is 1. The molecular weight excluding hydrogens is 505 g/mol. The molecular formula is C25H25ClFN5O3S. The number of nitrogen functional groups attached to an aromatic ring is 1. The highest BCUT2D eigenvalue weighted by atomic mass is 35.5. The Morgan fingerprint density at radius 1 is 1.14 bits per heavy atom. The van der Waals surface area contributed by atoms with Crippen LogP contribution in [0, 0.1) is 5.82 Å². The summed E-state index contributed by atoms with van der Waals surface area (Å²) < 4.78 is 17.7. The minimum Gasteiger partial charge on any atom is -0.395 e. The maximum atomic E-state index is 13.9. The molecule has 188 valence electrons. The number of halogens is 2. The Kier molecular flexibility index (Phi) is 7.85. The summed E-state index contributed by atoms with van der Waals surface area (Å²) in [6, 6.07) is 11.2. The first-order chi connectivity index (χ1) is 17.3. The molecule has 0 spiro atoms. The number of hydrogen-bond donors (Lipinski definition) is 3. The maximum Gasteiger partial charge on any atom is 0.270 e. The van der Waals surface area contributed by atoms with E-state index in [0.29, 0.717) is 16.1 Å². The van der Waals surface area contributed by atoms with E-state index in [1.807, 2.05) is 0 Å². The first kappa shape index (κ1) is 25.6. The van der Waals surface area contributed by atoms with Gasteiger partial charge in [-0.25, -0.2) is 4.39 Å². The van der Waals surface area contributed by atoms with Crippen LogP contribution in [0.3, 0.4) is 0 Å². The summed E-state index contributed by atoms with van der Waals surface area (Å²) >= 11 is 7.12. The predicted octanol–water partition coefficient (Wildman–Crippen LogP) is 4.06. The van der Waals surface area contributed by atoms with Crippen LogP contribution in [-0.4, -0.2) is 33.0 Å². The van der Waals surface area contributed by atoms with Gasteiger partial charge in [0.1, 0.15) is 16.7 Å². The van der Waals surface area contributed by atoms with Crippen molar-refractivity contribution in [2.75, 3.05) is 5.73 Å². The average molecular weight is 530 g/mol. The second-order valence-electron chi connectivity index (χ2n) is 8.61. The number of nitrogens with zero attached hydrogens (tertiary/aromatic N) is 2. The molecule has 5 N–H and O–H groups in total. The van der Waals surface area contributed by atoms with E-state index in [1.165, 1.54) is 29.2 Å². The second kappa shape index (κ2) is 11.0. The van der Waals surface area contributed by atoms with Crippen molar-refractivity contribution < 1.29 is 18.8 Å². The first-order valence-corrected chi connectivity index (χ1v) is 12.6. The molecule has 1 atom stereocenters. The SMILES string of the molecule is NC(=O)c1nsc(C(=O)N(Cc2ccccc2Cl)[C@H](C(=O)NC2CCCC2)c2ccc(F)cc2)c1N. The van der Waals surface area contributed by atoms with Crippen LogP contribution in [0.2, 0.25) is 5.02 Å². The lowest BCUT2D eigenvalue weighted by atomic mass is 10.0. The molecule has 8 nitrogen and oxygen atoms in total. The zero-order chi connectivity index (χ0) is 25.8. The summed E-state index contributed by atoms with van der Waals surface area (Å²) in [6.07, 6.45) is 3.68. The molecule has 3 amide bonds. The molecule has 0 bridgehead atoms. The molecule has 1 heterocycles. The summed E-state index contributed by atoms with van der Waals surface area (Å²) in [6.45, 7) is -0.0537. The fraction of sp³-hybridized carbons (Fsp3) is 0.280. The smallest absolute Gasteiger partial charge is 0.270 e. The number of hydrogen-bond acceptors (Lipinski definition) is 6. The quantitative estimate of drug-likeness (QED) is 0.405. The molecule has 1 aromatic heterocycles. The molecule has 1 fully saturated rings. The van der Waals surface area contributed by atoms with Gasteiger partial charge in [0.15, 0.2) is 5.69 Å². The third kappa shape index (κ3) is 5.50. The van der Waals surface area contributed by atoms with Crippen molar-refractivity contribution in [2.24, 2.45) is 5.73 Å². The Labute approximate surface area is 216 Å². The molecule has 0 aliphatic heterocycles. The zero-order valence-corrected chi connectivity index (χ0v) is 20.8. The van der Waals surface area contributed by atoms with Gasteiger partial charge in [-0.2, -0.15) is 4.37 Å². The summed E-state index contributed by atoms with van der Waals surface area (Å²) in [5.41, 5.74) is 12.0. The molecule has 11 heteroatoms. The fourth-order valence-corrected chi connectivity index (χ4v) is 5.28. The van der Waals surface area contributed by atoms with Crippen molar-refractivity contribution in [1.82, 2.24) is 14.6 Å². The normalized spacial score (nSPS) is 14.4. The Morgan fingerprint density at radius 2 is 1.81 bits per heavy atom. The van der Waals surface area contributed by atoms with Crippen LogP contribution in [0.25, 0.3) is 0 Å². The number of nitrogens with two attached hydrogens (primary N) is 2. The highest BCUT2D eigenvalue weighted by Crippen LogP contribution is 2.32. The fourth-order valence-electron chi connectivity index (χ4n) is 4.32. The monoisotopic (exact) mass is 529 g/mol. The number of amides is 3. The average Bonchev–Trinajstić information content (AvgIpc) is 3.50. The van der Waals surface area contributed by atoms with Crippen molar-refractivity contribution >= 4 is 46.5 Å². The van der Waals surface area contributed by atoms with E-state index < -0.39 is 29.6 Å². The highest BCUT2D eigenvalue weighted by Gasteiger charge is 2.36. The van der Waals surface area contributed by atoms with E-state index >= 15 is 0 Å². The molecule has 36 heavy (non-hydrogen) atoms. The van der Waals surface area contributed by atoms with Crippen molar-refractivity contribution in [3.63, 3.8) is 0 Å². The van der Waals surface area contributed by atoms with E-state index in [2.05, 4.69) is 9.69 Å². The zero-order valence-electron chi connectivity index (χ0n) is 19.2. The third-order valence-electron chi connectivity index (χ3n) is 6.16. The van der Waals surface area contributed by atoms with E-state index in [-0.39, 0.29) is 28.8 Å². The van der Waals surface area contributed by atoms with Gasteiger partial charge in [0.25, 0.3) is 11.8 Å². The standard InChI is InChI=1S/C25H25ClFN5O3S/c26-18-8-4-1-5-15(18)13-32(25(35)22-19(28)20(23(29)33)31-36-22)21(14-9-11-16(27)12-10-14)24(34)30-17-6-2-3-7-17/h1,4-5,8-12,17,21H,2-3,6-7,13,28H2,(H2,29,33)(H,30,34)/t21-/m0/s1. The summed E-state index contributed by atoms with van der Waals surface area (Å²) in [7, 11) is 0. The molecule has 1 aliphatic rings. The van der Waals surface area contributed by atoms with Crippen LogP contribution < -0.4 is 16.8 Å². The molecule has 0 radical (unpaired) electrons. The van der Waals surface area contributed by atoms with Gasteiger partial charge in [0.2, 0.25) is 5.91 Å². The van der Waals surface area contributed by atoms with Gasteiger partial charge >= 0.3 is 0 Å². The Bertz CT molecular complexity index is 1280. The Hall–Kier alpha value is -3.50. The van der Waals surface area contributed by atoms with Crippen molar-refractivity contribution in [2.45, 2.75) is 44.3 Å². The molecule has 4 rings (SSSR count). The summed E-state index contributed by atoms with van der Waals surface area (Å²) in [5.74, 6) is -2.38. The van der Waals surface area contributed by atoms with Crippen LogP contribution in [0.4, 0.5) is 10.1 Å². The van der Waals surface area contributed by atoms with E-state index in [4.69, 9.17) is 23.1 Å². The van der Waals surface area contributed by atoms with Gasteiger partial charge in [-0.15, -0.1) is 0 Å². The third-order valence-corrected chi connectivity index (χ3v) is 7.38. The molecule has 3 aromatic rings. The number of benzene rings is 2. The predicted molar refractivity (Wildman–Crippen MR) is 136 cm³/mol. The second-order valence-corrected chi connectivity index (χ2v) is 9.79. The van der Waals surface area contributed by atoms with Gasteiger partial charge in [0.05, 0.1) is 5.69 Å². The van der Waals surface area contributed by atoms with Crippen LogP contribution in [0.1, 0.15) is 63.0 Å². The van der Waals surface area contributed by atoms with E-state index in [9.17, 15) is 18.8 Å². The van der Waals surface area contributed by atoms with Crippen molar-refractivity contribution in [3.05, 3.63) is 81.1 Å². The lowest BCUT2D eigenvalue weighted by Crippen LogP contribution is -2.46. The number of anilines is 1. The molecule has 0 saturated heterocycles. The molecule has 1 saturated carbocycles. The van der Waals surface area contributed by atoms with Crippen LogP contribution in [0.5, 0.6) is 0 Å². The van der Waals surface area contributed by atoms with Gasteiger partial charge in [-0.3, -0.25) is 14.4 Å². The number of carbonyl (C=O) groups is 3. The Morgan fingerprint density at radius 3 is 2.42 bits per heavy atom. The number of rotatable bonds is 8. The van der Waals surface area contributed by atoms with E-state index in [1.54, 1.807) is 24.3 Å². The van der Waals surface area contributed by atoms with Crippen LogP contribution >= 0.6 is 23.1 Å². The summed E-state index contributed by atoms with van der Waals surface area (Å²) in [4.78, 5) is 40.6. The largest absolute Gasteiger partial charge is 0.395 e. The number of primary amides is 1. The van der Waals surface area contributed by atoms with Gasteiger partial charge in [-0.05, 0) is 53.7 Å². The number of carbonyl (C=O) groups excluding carboxylic acids is 3. The van der Waals surface area contributed by atoms with E-state index in [0.717, 1.165) is 37.2 Å². The van der Waals surface area contributed by atoms with Gasteiger partial charge < -0.3 is 21.7 Å². The molecule has 1 aliphatic carbocycles. The topological polar surface area (TPSA) is 131 Å². The van der Waals surface area contributed by atoms with Gasteiger partial charge in [0, 0.05) is 17.6 Å². The maximum absolute atomic E-state index is 13.9. The Balaban J connectivity index is 1.81. The number of nitrogens with one attached hydrogen (secondary N) is 1. The van der Waals surface area contributed by atoms with Crippen LogP contribution in [-0.2, 0) is 11.3 Å². The molecule has 2 aromatic carbocycles. The van der Waals surface area contributed by atoms with Gasteiger partial charge in [-0.1, -0.05) is 54.8 Å². The lowest BCUT2D eigenvalue weighted by Gasteiger charge is -2.32. The minimum atomic E-state index is -1.13. The minimum absolute atomic E-state index is 0.0207. The first-order valence-electron chi connectivity index (χ1n) is 11.4. The highest BCUT2D eigenvalue weighted by molar-refractivity contribution is 7.09. The van der Waals surface area contributed by atoms with Crippen molar-refractivity contribution in [1.29, 1.82) is 0 Å². The lowest BCUT2D eigenvalue weighted by molar-refractivity contribution is -0.126.